The van der Waals surface area contributed by atoms with Gasteiger partial charge in [-0.2, -0.15) is 0 Å². The van der Waals surface area contributed by atoms with Crippen molar-refractivity contribution in [3.8, 4) is 0 Å². The number of nitrogens with one attached hydrogen (secondary N) is 1. The van der Waals surface area contributed by atoms with Crippen LogP contribution in [0, 0.1) is 22.0 Å². The highest BCUT2D eigenvalue weighted by molar-refractivity contribution is 5.79. The molecule has 0 saturated heterocycles. The van der Waals surface area contributed by atoms with Gasteiger partial charge in [-0.3, -0.25) is 14.9 Å². The molecule has 1 aromatic carbocycles. The Balaban J connectivity index is 2.88. The molecule has 0 bridgehead atoms. The van der Waals surface area contributed by atoms with Crippen LogP contribution >= 0.6 is 0 Å². The van der Waals surface area contributed by atoms with Crippen molar-refractivity contribution in [1.82, 2.24) is 0 Å². The molecule has 0 aliphatic carbocycles. The Morgan fingerprint density at radius 3 is 2.56 bits per heavy atom. The fraction of sp³-hybridized carbons (Fsp3) is 0.462. The number of anilines is 1. The highest BCUT2D eigenvalue weighted by Crippen LogP contribution is 2.25. The third-order valence-corrected chi connectivity index (χ3v) is 3.11. The van der Waals surface area contributed by atoms with Gasteiger partial charge in [0.2, 0.25) is 0 Å². The van der Waals surface area contributed by atoms with Gasteiger partial charge in [0.1, 0.15) is 12.0 Å². The van der Waals surface area contributed by atoms with E-state index in [1.165, 1.54) is 6.07 Å². The number of hydrogen-bond donors (Lipinski definition) is 1. The molecular formula is C13H18N2O3. The lowest BCUT2D eigenvalue weighted by Crippen LogP contribution is -2.16. The molecule has 1 atom stereocenters. The topological polar surface area (TPSA) is 72.2 Å². The van der Waals surface area contributed by atoms with Crippen LogP contribution < -0.4 is 5.32 Å². The van der Waals surface area contributed by atoms with Crippen LogP contribution in [0.1, 0.15) is 31.1 Å². The molecular weight excluding hydrogens is 232 g/mol. The second kappa shape index (κ2) is 6.14. The van der Waals surface area contributed by atoms with Crippen LogP contribution in [0.15, 0.2) is 18.2 Å². The zero-order chi connectivity index (χ0) is 13.7. The van der Waals surface area contributed by atoms with E-state index in [4.69, 9.17) is 0 Å². The highest BCUT2D eigenvalue weighted by atomic mass is 16.6. The van der Waals surface area contributed by atoms with Gasteiger partial charge < -0.3 is 5.32 Å². The molecule has 0 spiro atoms. The van der Waals surface area contributed by atoms with Gasteiger partial charge in [0.05, 0.1) is 4.92 Å². The van der Waals surface area contributed by atoms with Crippen LogP contribution in [0.25, 0.3) is 0 Å². The molecule has 0 fully saturated rings. The van der Waals surface area contributed by atoms with E-state index in [-0.39, 0.29) is 5.69 Å². The van der Waals surface area contributed by atoms with E-state index in [2.05, 4.69) is 26.1 Å². The van der Waals surface area contributed by atoms with Crippen molar-refractivity contribution in [2.24, 2.45) is 11.8 Å². The largest absolute Gasteiger partial charge is 0.379 e. The van der Waals surface area contributed by atoms with Crippen LogP contribution in [-0.4, -0.2) is 17.8 Å². The molecule has 0 aliphatic rings. The summed E-state index contributed by atoms with van der Waals surface area (Å²) in [6.45, 7) is 6.97. The maximum atomic E-state index is 10.9. The van der Waals surface area contributed by atoms with Crippen molar-refractivity contribution in [3.63, 3.8) is 0 Å². The molecule has 5 heteroatoms. The van der Waals surface area contributed by atoms with Crippen molar-refractivity contribution in [3.05, 3.63) is 33.9 Å². The molecule has 0 heterocycles. The quantitative estimate of drug-likeness (QED) is 0.478. The first kappa shape index (κ1) is 14.2. The number of nitrogens with zero attached hydrogens (tertiary/aromatic N) is 1. The van der Waals surface area contributed by atoms with Gasteiger partial charge >= 0.3 is 0 Å². The molecule has 0 radical (unpaired) electrons. The number of carbonyl (C=O) groups is 1. The Bertz CT molecular complexity index is 444. The predicted octanol–water partition coefficient (Wildman–Crippen LogP) is 3.11. The van der Waals surface area contributed by atoms with E-state index in [0.29, 0.717) is 35.9 Å². The standard InChI is InChI=1S/C13H18N2O3/c1-9(2)10(3)7-14-12-5-4-11(8-16)6-13(12)15(17)18/h4-6,8-10,14H,7H2,1-3H3. The highest BCUT2D eigenvalue weighted by Gasteiger charge is 2.15. The van der Waals surface area contributed by atoms with E-state index >= 15 is 0 Å². The SMILES string of the molecule is CC(C)C(C)CNc1ccc(C=O)cc1[N+](=O)[O-]. The maximum absolute atomic E-state index is 10.9. The molecule has 0 aromatic heterocycles. The number of rotatable bonds is 6. The van der Waals surface area contributed by atoms with Gasteiger partial charge in [-0.05, 0) is 24.0 Å². The van der Waals surface area contributed by atoms with Crippen molar-refractivity contribution >= 4 is 17.7 Å². The lowest BCUT2D eigenvalue weighted by Gasteiger charge is -2.16. The number of hydrogen-bond acceptors (Lipinski definition) is 4. The fourth-order valence-corrected chi connectivity index (χ4v) is 1.43. The maximum Gasteiger partial charge on any atom is 0.293 e. The third-order valence-electron chi connectivity index (χ3n) is 3.11. The van der Waals surface area contributed by atoms with Gasteiger partial charge in [-0.1, -0.05) is 20.8 Å². The zero-order valence-corrected chi connectivity index (χ0v) is 10.8. The number of benzene rings is 1. The molecule has 18 heavy (non-hydrogen) atoms. The third kappa shape index (κ3) is 3.55. The zero-order valence-electron chi connectivity index (χ0n) is 10.8. The number of aldehydes is 1. The molecule has 98 valence electrons. The lowest BCUT2D eigenvalue weighted by atomic mass is 9.98. The number of nitro groups is 1. The molecule has 1 N–H and O–H groups in total. The Morgan fingerprint density at radius 2 is 2.06 bits per heavy atom. The molecule has 5 nitrogen and oxygen atoms in total. The predicted molar refractivity (Wildman–Crippen MR) is 71.0 cm³/mol. The van der Waals surface area contributed by atoms with Gasteiger partial charge in [0.25, 0.3) is 5.69 Å². The van der Waals surface area contributed by atoms with Crippen LogP contribution in [0.5, 0.6) is 0 Å². The number of carbonyl (C=O) groups excluding carboxylic acids is 1. The van der Waals surface area contributed by atoms with Crippen LogP contribution in [0.3, 0.4) is 0 Å². The molecule has 0 amide bonds. The van der Waals surface area contributed by atoms with Crippen molar-refractivity contribution in [2.45, 2.75) is 20.8 Å². The smallest absolute Gasteiger partial charge is 0.293 e. The Hall–Kier alpha value is -1.91. The van der Waals surface area contributed by atoms with Crippen molar-refractivity contribution < 1.29 is 9.72 Å². The van der Waals surface area contributed by atoms with Crippen molar-refractivity contribution in [2.75, 3.05) is 11.9 Å². The molecule has 1 rings (SSSR count). The average molecular weight is 250 g/mol. The molecule has 0 saturated carbocycles. The summed E-state index contributed by atoms with van der Waals surface area (Å²) in [6, 6.07) is 4.44. The minimum Gasteiger partial charge on any atom is -0.379 e. The average Bonchev–Trinajstić information content (AvgIpc) is 2.35. The van der Waals surface area contributed by atoms with E-state index in [9.17, 15) is 14.9 Å². The number of nitro benzene ring substituents is 1. The van der Waals surface area contributed by atoms with Crippen LogP contribution in [-0.2, 0) is 0 Å². The second-order valence-corrected chi connectivity index (χ2v) is 4.75. The summed E-state index contributed by atoms with van der Waals surface area (Å²) in [5, 5.41) is 14.0. The molecule has 1 aromatic rings. The second-order valence-electron chi connectivity index (χ2n) is 4.75. The van der Waals surface area contributed by atoms with E-state index in [1.54, 1.807) is 12.1 Å². The van der Waals surface area contributed by atoms with Crippen LogP contribution in [0.4, 0.5) is 11.4 Å². The summed E-state index contributed by atoms with van der Waals surface area (Å²) in [4.78, 5) is 21.0. The van der Waals surface area contributed by atoms with Gasteiger partial charge in [0.15, 0.2) is 0 Å². The van der Waals surface area contributed by atoms with Crippen LogP contribution in [0.2, 0.25) is 0 Å². The Kier molecular flexibility index (Phi) is 4.83. The lowest BCUT2D eigenvalue weighted by molar-refractivity contribution is -0.384. The van der Waals surface area contributed by atoms with E-state index in [0.717, 1.165) is 0 Å². The first-order chi connectivity index (χ1) is 8.45. The van der Waals surface area contributed by atoms with E-state index in [1.807, 2.05) is 0 Å². The van der Waals surface area contributed by atoms with Crippen molar-refractivity contribution in [1.29, 1.82) is 0 Å². The minimum absolute atomic E-state index is 0.0597. The monoisotopic (exact) mass is 250 g/mol. The summed E-state index contributed by atoms with van der Waals surface area (Å²) in [7, 11) is 0. The first-order valence-electron chi connectivity index (χ1n) is 5.93. The normalized spacial score (nSPS) is 12.2. The summed E-state index contributed by atoms with van der Waals surface area (Å²) in [5.41, 5.74) is 0.706. The molecule has 0 aliphatic heterocycles. The van der Waals surface area contributed by atoms with Gasteiger partial charge in [-0.15, -0.1) is 0 Å². The van der Waals surface area contributed by atoms with E-state index < -0.39 is 4.92 Å². The summed E-state index contributed by atoms with van der Waals surface area (Å²) >= 11 is 0. The summed E-state index contributed by atoms with van der Waals surface area (Å²) in [5.74, 6) is 0.918. The molecule has 1 unspecified atom stereocenters. The van der Waals surface area contributed by atoms with Gasteiger partial charge in [0, 0.05) is 18.2 Å². The minimum atomic E-state index is -0.477. The summed E-state index contributed by atoms with van der Waals surface area (Å²) in [6.07, 6.45) is 0.605. The first-order valence-corrected chi connectivity index (χ1v) is 5.93. The summed E-state index contributed by atoms with van der Waals surface area (Å²) < 4.78 is 0. The Morgan fingerprint density at radius 1 is 1.39 bits per heavy atom. The Labute approximate surface area is 106 Å². The fourth-order valence-electron chi connectivity index (χ4n) is 1.43. The van der Waals surface area contributed by atoms with Gasteiger partial charge in [-0.25, -0.2) is 0 Å².